The van der Waals surface area contributed by atoms with Gasteiger partial charge in [-0.15, -0.1) is 0 Å². The van der Waals surface area contributed by atoms with Crippen LogP contribution in [0.2, 0.25) is 5.02 Å². The number of hydrogen-bond donors (Lipinski definition) is 1. The Bertz CT molecular complexity index is 503. The molecule has 0 saturated carbocycles. The lowest BCUT2D eigenvalue weighted by Gasteiger charge is -2.09. The molecule has 0 aliphatic carbocycles. The van der Waals surface area contributed by atoms with Gasteiger partial charge in [-0.25, -0.2) is 4.68 Å². The van der Waals surface area contributed by atoms with Crippen molar-refractivity contribution >= 4 is 17.4 Å². The van der Waals surface area contributed by atoms with Crippen LogP contribution in [0.3, 0.4) is 0 Å². The molecule has 1 aromatic heterocycles. The summed E-state index contributed by atoms with van der Waals surface area (Å²) in [6, 6.07) is 7.68. The van der Waals surface area contributed by atoms with Crippen LogP contribution in [-0.4, -0.2) is 9.78 Å². The lowest BCUT2D eigenvalue weighted by molar-refractivity contribution is 0.855. The Kier molecular flexibility index (Phi) is 2.88. The van der Waals surface area contributed by atoms with Gasteiger partial charge in [-0.2, -0.15) is 5.10 Å². The van der Waals surface area contributed by atoms with Crippen LogP contribution in [0.1, 0.15) is 25.3 Å². The molecule has 2 N–H and O–H groups in total. The summed E-state index contributed by atoms with van der Waals surface area (Å²) in [5, 5.41) is 4.90. The Morgan fingerprint density at radius 1 is 1.31 bits per heavy atom. The minimum Gasteiger partial charge on any atom is -0.382 e. The van der Waals surface area contributed by atoms with Crippen molar-refractivity contribution in [1.82, 2.24) is 9.78 Å². The van der Waals surface area contributed by atoms with Crippen LogP contribution in [0.4, 0.5) is 5.82 Å². The summed E-state index contributed by atoms with van der Waals surface area (Å²) in [4.78, 5) is 0. The molecule has 0 aliphatic heterocycles. The summed E-state index contributed by atoms with van der Waals surface area (Å²) in [6.07, 6.45) is 1.82. The van der Waals surface area contributed by atoms with E-state index < -0.39 is 0 Å². The average Bonchev–Trinajstić information content (AvgIpc) is 2.64. The molecule has 0 spiro atoms. The van der Waals surface area contributed by atoms with Crippen LogP contribution < -0.4 is 5.73 Å². The van der Waals surface area contributed by atoms with Crippen molar-refractivity contribution in [2.24, 2.45) is 0 Å². The van der Waals surface area contributed by atoms with Crippen LogP contribution in [0.5, 0.6) is 0 Å². The Balaban J connectivity index is 2.42. The van der Waals surface area contributed by atoms with Gasteiger partial charge in [-0.05, 0) is 23.6 Å². The minimum atomic E-state index is 0.421. The number of rotatable bonds is 2. The lowest BCUT2D eigenvalue weighted by atomic mass is 10.0. The van der Waals surface area contributed by atoms with E-state index in [0.717, 1.165) is 16.3 Å². The Labute approximate surface area is 99.8 Å². The number of nitrogen functional groups attached to an aromatic ring is 1. The zero-order valence-electron chi connectivity index (χ0n) is 9.31. The summed E-state index contributed by atoms with van der Waals surface area (Å²) in [6.45, 7) is 4.24. The number of aromatic nitrogens is 2. The van der Waals surface area contributed by atoms with Gasteiger partial charge in [0.15, 0.2) is 0 Å². The molecule has 1 aromatic carbocycles. The maximum Gasteiger partial charge on any atom is 0.145 e. The zero-order valence-corrected chi connectivity index (χ0v) is 10.1. The fraction of sp³-hybridized carbons (Fsp3) is 0.250. The smallest absolute Gasteiger partial charge is 0.145 e. The van der Waals surface area contributed by atoms with Gasteiger partial charge in [0, 0.05) is 17.3 Å². The largest absolute Gasteiger partial charge is 0.382 e. The molecule has 2 rings (SSSR count). The maximum absolute atomic E-state index is 6.21. The molecule has 0 fully saturated rings. The predicted octanol–water partition coefficient (Wildman–Crippen LogP) is 3.23. The van der Waals surface area contributed by atoms with E-state index in [-0.39, 0.29) is 0 Å². The third-order valence-corrected chi connectivity index (χ3v) is 2.81. The Hall–Kier alpha value is -1.48. The molecule has 0 unspecified atom stereocenters. The normalized spacial score (nSPS) is 11.0. The van der Waals surface area contributed by atoms with Gasteiger partial charge in [-0.3, -0.25) is 0 Å². The Morgan fingerprint density at radius 2 is 2.06 bits per heavy atom. The van der Waals surface area contributed by atoms with Gasteiger partial charge < -0.3 is 5.73 Å². The number of hydrogen-bond acceptors (Lipinski definition) is 2. The fourth-order valence-electron chi connectivity index (χ4n) is 1.61. The van der Waals surface area contributed by atoms with Crippen molar-refractivity contribution in [3.8, 4) is 5.69 Å². The van der Waals surface area contributed by atoms with Crippen molar-refractivity contribution in [3.63, 3.8) is 0 Å². The minimum absolute atomic E-state index is 0.421. The van der Waals surface area contributed by atoms with Crippen molar-refractivity contribution in [3.05, 3.63) is 41.0 Å². The van der Waals surface area contributed by atoms with E-state index in [9.17, 15) is 0 Å². The predicted molar refractivity (Wildman–Crippen MR) is 67.1 cm³/mol. The maximum atomic E-state index is 6.21. The van der Waals surface area contributed by atoms with E-state index in [1.54, 1.807) is 10.7 Å². The molecule has 0 aliphatic rings. The molecule has 4 heteroatoms. The van der Waals surface area contributed by atoms with Crippen LogP contribution in [0, 0.1) is 0 Å². The highest BCUT2D eigenvalue weighted by Gasteiger charge is 2.07. The summed E-state index contributed by atoms with van der Waals surface area (Å²) in [5.41, 5.74) is 7.63. The number of nitrogens with two attached hydrogens (primary N) is 1. The van der Waals surface area contributed by atoms with Crippen LogP contribution in [0.25, 0.3) is 5.69 Å². The van der Waals surface area contributed by atoms with Crippen LogP contribution in [-0.2, 0) is 0 Å². The number of anilines is 1. The zero-order chi connectivity index (χ0) is 11.7. The van der Waals surface area contributed by atoms with E-state index >= 15 is 0 Å². The second kappa shape index (κ2) is 4.18. The lowest BCUT2D eigenvalue weighted by Crippen LogP contribution is -1.98. The fourth-order valence-corrected chi connectivity index (χ4v) is 2.00. The number of halogens is 1. The average molecular weight is 236 g/mol. The molecule has 0 atom stereocenters. The van der Waals surface area contributed by atoms with Crippen LogP contribution in [0.15, 0.2) is 30.5 Å². The summed E-state index contributed by atoms with van der Waals surface area (Å²) >= 11 is 6.21. The molecule has 0 saturated heterocycles. The molecule has 2 aromatic rings. The van der Waals surface area contributed by atoms with Gasteiger partial charge in [0.2, 0.25) is 0 Å². The highest BCUT2D eigenvalue weighted by molar-refractivity contribution is 6.31. The molecule has 0 radical (unpaired) electrons. The van der Waals surface area contributed by atoms with E-state index in [1.807, 2.05) is 24.4 Å². The summed E-state index contributed by atoms with van der Waals surface area (Å²) in [5.74, 6) is 0.924. The first kappa shape index (κ1) is 11.0. The second-order valence-corrected chi connectivity index (χ2v) is 4.45. The SMILES string of the molecule is CC(C)c1ccc(-n2ccc(N)n2)cc1Cl. The molecular formula is C12H14ClN3. The van der Waals surface area contributed by atoms with Gasteiger partial charge in [0.25, 0.3) is 0 Å². The molecule has 3 nitrogen and oxygen atoms in total. The third kappa shape index (κ3) is 2.04. The van der Waals surface area contributed by atoms with Gasteiger partial charge in [-0.1, -0.05) is 31.5 Å². The summed E-state index contributed by atoms with van der Waals surface area (Å²) < 4.78 is 1.71. The van der Waals surface area contributed by atoms with E-state index in [4.69, 9.17) is 17.3 Å². The van der Waals surface area contributed by atoms with Gasteiger partial charge in [0.1, 0.15) is 5.82 Å². The van der Waals surface area contributed by atoms with E-state index in [0.29, 0.717) is 11.7 Å². The van der Waals surface area contributed by atoms with E-state index in [2.05, 4.69) is 18.9 Å². The van der Waals surface area contributed by atoms with Crippen molar-refractivity contribution in [2.45, 2.75) is 19.8 Å². The first-order chi connectivity index (χ1) is 7.58. The highest BCUT2D eigenvalue weighted by atomic mass is 35.5. The topological polar surface area (TPSA) is 43.8 Å². The molecule has 84 valence electrons. The first-order valence-corrected chi connectivity index (χ1v) is 5.56. The van der Waals surface area contributed by atoms with E-state index in [1.165, 1.54) is 0 Å². The van der Waals surface area contributed by atoms with Crippen molar-refractivity contribution in [1.29, 1.82) is 0 Å². The molecule has 1 heterocycles. The second-order valence-electron chi connectivity index (χ2n) is 4.05. The van der Waals surface area contributed by atoms with Gasteiger partial charge in [0.05, 0.1) is 5.69 Å². The molecular weight excluding hydrogens is 222 g/mol. The highest BCUT2D eigenvalue weighted by Crippen LogP contribution is 2.26. The van der Waals surface area contributed by atoms with Gasteiger partial charge >= 0.3 is 0 Å². The summed E-state index contributed by atoms with van der Waals surface area (Å²) in [7, 11) is 0. The third-order valence-electron chi connectivity index (χ3n) is 2.48. The first-order valence-electron chi connectivity index (χ1n) is 5.19. The monoisotopic (exact) mass is 235 g/mol. The van der Waals surface area contributed by atoms with Crippen molar-refractivity contribution < 1.29 is 0 Å². The number of benzene rings is 1. The quantitative estimate of drug-likeness (QED) is 0.869. The molecule has 16 heavy (non-hydrogen) atoms. The molecule has 0 bridgehead atoms. The molecule has 0 amide bonds. The Morgan fingerprint density at radius 3 is 2.56 bits per heavy atom. The number of nitrogens with zero attached hydrogens (tertiary/aromatic N) is 2. The standard InChI is InChI=1S/C12H14ClN3/c1-8(2)10-4-3-9(7-11(10)13)16-6-5-12(14)15-16/h3-8H,1-2H3,(H2,14,15). The van der Waals surface area contributed by atoms with Crippen molar-refractivity contribution in [2.75, 3.05) is 5.73 Å². The van der Waals surface area contributed by atoms with Crippen LogP contribution >= 0.6 is 11.6 Å².